The van der Waals surface area contributed by atoms with Gasteiger partial charge < -0.3 is 19.5 Å². The molecule has 7 nitrogen and oxygen atoms in total. The quantitative estimate of drug-likeness (QED) is 0.446. The van der Waals surface area contributed by atoms with Gasteiger partial charge in [-0.3, -0.25) is 4.79 Å². The fraction of sp³-hybridized carbons (Fsp3) is 0.304. The van der Waals surface area contributed by atoms with Crippen LogP contribution in [0.1, 0.15) is 36.7 Å². The van der Waals surface area contributed by atoms with Crippen LogP contribution in [0.3, 0.4) is 0 Å². The lowest BCUT2D eigenvalue weighted by Gasteiger charge is -2.17. The molecule has 164 valence electrons. The highest BCUT2D eigenvalue weighted by molar-refractivity contribution is 9.10. The summed E-state index contributed by atoms with van der Waals surface area (Å²) in [5.74, 6) is 1.57. The first-order chi connectivity index (χ1) is 15.0. The molecule has 0 saturated carbocycles. The number of nitrogens with zero attached hydrogens (tertiary/aromatic N) is 2. The Labute approximate surface area is 190 Å². The minimum Gasteiger partial charge on any atom is -0.490 e. The molecule has 8 heteroatoms. The Morgan fingerprint density at radius 1 is 1.00 bits per heavy atom. The molecular formula is C23H26BrN3O4. The van der Waals surface area contributed by atoms with Crippen LogP contribution in [0.15, 0.2) is 53.3 Å². The molecule has 3 aromatic rings. The van der Waals surface area contributed by atoms with Gasteiger partial charge in [0.25, 0.3) is 5.91 Å². The molecule has 3 rings (SSSR count). The van der Waals surface area contributed by atoms with E-state index < -0.39 is 0 Å². The molecular weight excluding hydrogens is 462 g/mol. The van der Waals surface area contributed by atoms with Crippen molar-refractivity contribution in [3.63, 3.8) is 0 Å². The van der Waals surface area contributed by atoms with E-state index in [1.54, 1.807) is 17.1 Å². The third-order valence-corrected chi connectivity index (χ3v) is 4.89. The molecule has 0 spiro atoms. The number of aromatic nitrogens is 2. The third-order valence-electron chi connectivity index (χ3n) is 4.36. The lowest BCUT2D eigenvalue weighted by molar-refractivity contribution is 0.0950. The summed E-state index contributed by atoms with van der Waals surface area (Å²) in [6, 6.07) is 11.4. The lowest BCUT2D eigenvalue weighted by atomic mass is 10.1. The number of carbonyl (C=O) groups is 1. The summed E-state index contributed by atoms with van der Waals surface area (Å²) >= 11 is 3.41. The van der Waals surface area contributed by atoms with Crippen molar-refractivity contribution in [1.29, 1.82) is 0 Å². The fourth-order valence-corrected chi connectivity index (χ4v) is 3.27. The molecule has 31 heavy (non-hydrogen) atoms. The van der Waals surface area contributed by atoms with E-state index in [-0.39, 0.29) is 5.91 Å². The number of ether oxygens (including phenoxy) is 3. The van der Waals surface area contributed by atoms with Gasteiger partial charge in [0.15, 0.2) is 11.5 Å². The minimum absolute atomic E-state index is 0.215. The van der Waals surface area contributed by atoms with E-state index in [9.17, 15) is 4.79 Å². The normalized spacial score (nSPS) is 10.6. The van der Waals surface area contributed by atoms with Crippen molar-refractivity contribution in [2.45, 2.75) is 27.3 Å². The smallest absolute Gasteiger partial charge is 0.254 e. The van der Waals surface area contributed by atoms with E-state index in [4.69, 9.17) is 14.2 Å². The molecule has 1 aromatic heterocycles. The van der Waals surface area contributed by atoms with Gasteiger partial charge in [0, 0.05) is 17.2 Å². The molecule has 0 aliphatic heterocycles. The van der Waals surface area contributed by atoms with Crippen molar-refractivity contribution in [2.75, 3.05) is 19.8 Å². The van der Waals surface area contributed by atoms with E-state index in [2.05, 4.69) is 26.3 Å². The first-order valence-electron chi connectivity index (χ1n) is 10.2. The van der Waals surface area contributed by atoms with Gasteiger partial charge in [-0.05, 0) is 62.7 Å². The standard InChI is InChI=1S/C23H26BrN3O4/c1-4-29-20-11-16(12-21(30-5-2)22(20)31-6-3)13-25-23(28)17-14-26-27(15-17)19-9-7-18(24)8-10-19/h7-12,14-15H,4-6,13H2,1-3H3,(H,25,28). The van der Waals surface area contributed by atoms with Gasteiger partial charge in [0.1, 0.15) is 0 Å². The molecule has 0 fully saturated rings. The van der Waals surface area contributed by atoms with Gasteiger partial charge in [0.05, 0.1) is 37.3 Å². The third kappa shape index (κ3) is 5.79. The number of nitrogens with one attached hydrogen (secondary N) is 1. The number of hydrogen-bond donors (Lipinski definition) is 1. The summed E-state index contributed by atoms with van der Waals surface area (Å²) in [6.07, 6.45) is 3.25. The average Bonchev–Trinajstić information content (AvgIpc) is 3.25. The summed E-state index contributed by atoms with van der Waals surface area (Å²) in [4.78, 5) is 12.6. The van der Waals surface area contributed by atoms with Gasteiger partial charge in [-0.1, -0.05) is 15.9 Å². The van der Waals surface area contributed by atoms with Crippen molar-refractivity contribution in [3.8, 4) is 22.9 Å². The Hall–Kier alpha value is -3.00. The summed E-state index contributed by atoms with van der Waals surface area (Å²) < 4.78 is 19.8. The molecule has 0 aliphatic rings. The molecule has 1 N–H and O–H groups in total. The second kappa shape index (κ2) is 10.9. The first-order valence-corrected chi connectivity index (χ1v) is 11.0. The Kier molecular flexibility index (Phi) is 7.94. The van der Waals surface area contributed by atoms with Crippen LogP contribution < -0.4 is 19.5 Å². The maximum atomic E-state index is 12.6. The molecule has 0 saturated heterocycles. The van der Waals surface area contributed by atoms with Crippen LogP contribution in [-0.2, 0) is 6.54 Å². The molecule has 0 aliphatic carbocycles. The summed E-state index contributed by atoms with van der Waals surface area (Å²) in [6.45, 7) is 7.54. The highest BCUT2D eigenvalue weighted by Crippen LogP contribution is 2.39. The van der Waals surface area contributed by atoms with E-state index >= 15 is 0 Å². The van der Waals surface area contributed by atoms with Crippen molar-refractivity contribution in [1.82, 2.24) is 15.1 Å². The number of amides is 1. The van der Waals surface area contributed by atoms with Crippen molar-refractivity contribution in [2.24, 2.45) is 0 Å². The maximum Gasteiger partial charge on any atom is 0.254 e. The van der Waals surface area contributed by atoms with Crippen LogP contribution in [-0.4, -0.2) is 35.5 Å². The molecule has 1 heterocycles. The topological polar surface area (TPSA) is 74.6 Å². The molecule has 2 aromatic carbocycles. The van der Waals surface area contributed by atoms with Crippen molar-refractivity contribution < 1.29 is 19.0 Å². The van der Waals surface area contributed by atoms with Crippen LogP contribution in [0.5, 0.6) is 17.2 Å². The van der Waals surface area contributed by atoms with Crippen LogP contribution in [0.25, 0.3) is 5.69 Å². The van der Waals surface area contributed by atoms with Crippen molar-refractivity contribution >= 4 is 21.8 Å². The molecule has 0 radical (unpaired) electrons. The van der Waals surface area contributed by atoms with E-state index in [1.165, 1.54) is 0 Å². The Morgan fingerprint density at radius 3 is 2.19 bits per heavy atom. The SMILES string of the molecule is CCOc1cc(CNC(=O)c2cnn(-c3ccc(Br)cc3)c2)cc(OCC)c1OCC. The summed E-state index contributed by atoms with van der Waals surface area (Å²) in [5, 5.41) is 7.21. The van der Waals surface area contributed by atoms with Gasteiger partial charge >= 0.3 is 0 Å². The molecule has 0 unspecified atom stereocenters. The zero-order chi connectivity index (χ0) is 22.2. The van der Waals surface area contributed by atoms with Crippen molar-refractivity contribution in [3.05, 3.63) is 64.4 Å². The predicted octanol–water partition coefficient (Wildman–Crippen LogP) is 4.76. The van der Waals surface area contributed by atoms with E-state index in [0.717, 1.165) is 15.7 Å². The minimum atomic E-state index is -0.215. The predicted molar refractivity (Wildman–Crippen MR) is 122 cm³/mol. The van der Waals surface area contributed by atoms with Gasteiger partial charge in [-0.15, -0.1) is 0 Å². The number of carbonyl (C=O) groups excluding carboxylic acids is 1. The van der Waals surface area contributed by atoms with Gasteiger partial charge in [0.2, 0.25) is 5.75 Å². The Morgan fingerprint density at radius 2 is 1.61 bits per heavy atom. The molecule has 0 atom stereocenters. The largest absolute Gasteiger partial charge is 0.490 e. The highest BCUT2D eigenvalue weighted by atomic mass is 79.9. The summed E-state index contributed by atoms with van der Waals surface area (Å²) in [5.41, 5.74) is 2.20. The van der Waals surface area contributed by atoms with Crippen LogP contribution in [0.2, 0.25) is 0 Å². The Bertz CT molecular complexity index is 991. The van der Waals surface area contributed by atoms with E-state index in [1.807, 2.05) is 57.2 Å². The van der Waals surface area contributed by atoms with Gasteiger partial charge in [-0.25, -0.2) is 4.68 Å². The monoisotopic (exact) mass is 487 g/mol. The van der Waals surface area contributed by atoms with Crippen LogP contribution in [0, 0.1) is 0 Å². The fourth-order valence-electron chi connectivity index (χ4n) is 3.00. The Balaban J connectivity index is 1.74. The average molecular weight is 488 g/mol. The number of rotatable bonds is 10. The zero-order valence-corrected chi connectivity index (χ0v) is 19.4. The van der Waals surface area contributed by atoms with Crippen LogP contribution in [0.4, 0.5) is 0 Å². The second-order valence-corrected chi connectivity index (χ2v) is 7.47. The molecule has 1 amide bonds. The summed E-state index contributed by atoms with van der Waals surface area (Å²) in [7, 11) is 0. The lowest BCUT2D eigenvalue weighted by Crippen LogP contribution is -2.22. The van der Waals surface area contributed by atoms with Gasteiger partial charge in [-0.2, -0.15) is 5.10 Å². The molecule has 0 bridgehead atoms. The first kappa shape index (κ1) is 22.7. The maximum absolute atomic E-state index is 12.6. The van der Waals surface area contributed by atoms with Crippen LogP contribution >= 0.6 is 15.9 Å². The number of hydrogen-bond acceptors (Lipinski definition) is 5. The number of halogens is 1. The zero-order valence-electron chi connectivity index (χ0n) is 17.9. The van der Waals surface area contributed by atoms with E-state index in [0.29, 0.717) is 49.2 Å². The highest BCUT2D eigenvalue weighted by Gasteiger charge is 2.16. The second-order valence-electron chi connectivity index (χ2n) is 6.55. The number of benzene rings is 2.